The highest BCUT2D eigenvalue weighted by atomic mass is 32.2. The van der Waals surface area contributed by atoms with Crippen molar-refractivity contribution < 1.29 is 19.1 Å². The van der Waals surface area contributed by atoms with E-state index in [-0.39, 0.29) is 11.7 Å². The third kappa shape index (κ3) is 4.70. The molecule has 1 aromatic heterocycles. The number of anilines is 1. The Kier molecular flexibility index (Phi) is 6.18. The fourth-order valence-corrected chi connectivity index (χ4v) is 4.89. The summed E-state index contributed by atoms with van der Waals surface area (Å²) in [6, 6.07) is 7.95. The minimum absolute atomic E-state index is 0.187. The quantitative estimate of drug-likeness (QED) is 0.741. The summed E-state index contributed by atoms with van der Waals surface area (Å²) in [5, 5.41) is 5.52. The minimum Gasteiger partial charge on any atom is -0.453 e. The molecule has 0 unspecified atom stereocenters. The Morgan fingerprint density at radius 1 is 1.19 bits per heavy atom. The lowest BCUT2D eigenvalue weighted by molar-refractivity contribution is -0.113. The second-order valence-electron chi connectivity index (χ2n) is 6.16. The summed E-state index contributed by atoms with van der Waals surface area (Å²) in [5.41, 5.74) is 2.47. The van der Waals surface area contributed by atoms with Gasteiger partial charge in [0.05, 0.1) is 18.4 Å². The number of alkyl carbamates (subject to hydrolysis) is 1. The predicted octanol–water partition coefficient (Wildman–Crippen LogP) is 3.77. The molecule has 8 heteroatoms. The van der Waals surface area contributed by atoms with Crippen LogP contribution in [-0.2, 0) is 22.4 Å². The van der Waals surface area contributed by atoms with Gasteiger partial charge in [-0.2, -0.15) is 0 Å². The summed E-state index contributed by atoms with van der Waals surface area (Å²) >= 11 is 2.84. The molecule has 1 aliphatic carbocycles. The summed E-state index contributed by atoms with van der Waals surface area (Å²) in [4.78, 5) is 38.4. The molecule has 3 amide bonds. The first-order chi connectivity index (χ1) is 13.0. The lowest BCUT2D eigenvalue weighted by atomic mass is 10.1. The number of nitrogens with one attached hydrogen (secondary N) is 2. The number of fused-ring (bicyclic) bond motifs is 1. The molecule has 0 radical (unpaired) electrons. The molecule has 0 aliphatic heterocycles. The van der Waals surface area contributed by atoms with Gasteiger partial charge in [0.1, 0.15) is 5.00 Å². The molecule has 0 bridgehead atoms. The van der Waals surface area contributed by atoms with E-state index in [1.54, 1.807) is 0 Å². The maximum atomic E-state index is 12.5. The van der Waals surface area contributed by atoms with E-state index in [0.29, 0.717) is 10.6 Å². The molecule has 6 nitrogen and oxygen atoms in total. The second-order valence-corrected chi connectivity index (χ2v) is 8.31. The fourth-order valence-electron chi connectivity index (χ4n) is 2.88. The van der Waals surface area contributed by atoms with E-state index < -0.39 is 12.0 Å². The molecule has 1 aliphatic rings. The van der Waals surface area contributed by atoms with Gasteiger partial charge in [0.15, 0.2) is 0 Å². The second kappa shape index (κ2) is 8.58. The maximum Gasteiger partial charge on any atom is 0.413 e. The van der Waals surface area contributed by atoms with Crippen LogP contribution in [0, 0.1) is 6.92 Å². The smallest absolute Gasteiger partial charge is 0.413 e. The SMILES string of the molecule is COC(=O)NC(=O)c1c(NC(=O)CSc2ccc(C)cc2)sc2c1CCC2. The molecule has 27 heavy (non-hydrogen) atoms. The Morgan fingerprint density at radius 3 is 2.63 bits per heavy atom. The number of carbonyl (C=O) groups excluding carboxylic acids is 3. The first-order valence-corrected chi connectivity index (χ1v) is 10.3. The van der Waals surface area contributed by atoms with Gasteiger partial charge in [-0.3, -0.25) is 14.9 Å². The summed E-state index contributed by atoms with van der Waals surface area (Å²) in [5.74, 6) is -0.487. The highest BCUT2D eigenvalue weighted by Gasteiger charge is 2.28. The number of hydrogen-bond donors (Lipinski definition) is 2. The number of carbonyl (C=O) groups is 3. The zero-order valence-corrected chi connectivity index (χ0v) is 16.7. The number of methoxy groups -OCH3 is 1. The van der Waals surface area contributed by atoms with Crippen molar-refractivity contribution in [3.8, 4) is 0 Å². The van der Waals surface area contributed by atoms with Gasteiger partial charge in [0.25, 0.3) is 5.91 Å². The van der Waals surface area contributed by atoms with Gasteiger partial charge in [-0.15, -0.1) is 23.1 Å². The Hall–Kier alpha value is -2.32. The molecular formula is C19H20N2O4S2. The molecule has 0 fully saturated rings. The fraction of sp³-hybridized carbons (Fsp3) is 0.316. The maximum absolute atomic E-state index is 12.5. The molecular weight excluding hydrogens is 384 g/mol. The molecule has 1 heterocycles. The predicted molar refractivity (Wildman–Crippen MR) is 107 cm³/mol. The highest BCUT2D eigenvalue weighted by Crippen LogP contribution is 2.39. The van der Waals surface area contributed by atoms with Crippen LogP contribution in [0.5, 0.6) is 0 Å². The van der Waals surface area contributed by atoms with Gasteiger partial charge in [-0.25, -0.2) is 4.79 Å². The van der Waals surface area contributed by atoms with Crippen LogP contribution in [0.2, 0.25) is 0 Å². The number of ether oxygens (including phenoxy) is 1. The average molecular weight is 405 g/mol. The van der Waals surface area contributed by atoms with E-state index in [4.69, 9.17) is 0 Å². The monoisotopic (exact) mass is 404 g/mol. The zero-order chi connectivity index (χ0) is 19.4. The summed E-state index contributed by atoms with van der Waals surface area (Å²) < 4.78 is 4.50. The molecule has 0 spiro atoms. The van der Waals surface area contributed by atoms with Gasteiger partial charge >= 0.3 is 6.09 Å². The molecule has 1 aromatic carbocycles. The number of thioether (sulfide) groups is 1. The van der Waals surface area contributed by atoms with Crippen LogP contribution in [-0.4, -0.2) is 30.8 Å². The van der Waals surface area contributed by atoms with E-state index in [1.165, 1.54) is 30.2 Å². The normalized spacial score (nSPS) is 12.4. The molecule has 2 N–H and O–H groups in total. The Morgan fingerprint density at radius 2 is 1.93 bits per heavy atom. The molecule has 0 atom stereocenters. The Bertz CT molecular complexity index is 875. The number of benzene rings is 1. The third-order valence-electron chi connectivity index (χ3n) is 4.19. The standard InChI is InChI=1S/C19H20N2O4S2/c1-11-6-8-12(9-7-11)26-10-15(22)20-18-16(17(23)21-19(24)25-2)13-4-3-5-14(13)27-18/h6-9H,3-5,10H2,1-2H3,(H,20,22)(H,21,23,24). The number of imide groups is 1. The van der Waals surface area contributed by atoms with Crippen LogP contribution < -0.4 is 10.6 Å². The van der Waals surface area contributed by atoms with Crippen LogP contribution in [0.4, 0.5) is 9.80 Å². The Balaban J connectivity index is 1.70. The van der Waals surface area contributed by atoms with Crippen LogP contribution in [0.15, 0.2) is 29.2 Å². The number of aryl methyl sites for hydroxylation is 2. The Labute approximate surface area is 165 Å². The molecule has 3 rings (SSSR count). The van der Waals surface area contributed by atoms with Gasteiger partial charge in [-0.1, -0.05) is 17.7 Å². The van der Waals surface area contributed by atoms with Gasteiger partial charge in [-0.05, 0) is 43.9 Å². The molecule has 0 saturated heterocycles. The molecule has 0 saturated carbocycles. The van der Waals surface area contributed by atoms with Gasteiger partial charge in [0.2, 0.25) is 5.91 Å². The van der Waals surface area contributed by atoms with E-state index in [2.05, 4.69) is 15.4 Å². The zero-order valence-electron chi connectivity index (χ0n) is 15.1. The van der Waals surface area contributed by atoms with E-state index in [1.807, 2.05) is 31.2 Å². The van der Waals surface area contributed by atoms with Crippen molar-refractivity contribution in [3.05, 3.63) is 45.8 Å². The van der Waals surface area contributed by atoms with Crippen LogP contribution in [0.3, 0.4) is 0 Å². The number of hydrogen-bond acceptors (Lipinski definition) is 6. The lowest BCUT2D eigenvalue weighted by Crippen LogP contribution is -2.31. The number of amides is 3. The largest absolute Gasteiger partial charge is 0.453 e. The summed E-state index contributed by atoms with van der Waals surface area (Å²) in [6.45, 7) is 2.01. The lowest BCUT2D eigenvalue weighted by Gasteiger charge is -2.08. The first kappa shape index (κ1) is 19.4. The van der Waals surface area contributed by atoms with Gasteiger partial charge in [0, 0.05) is 9.77 Å². The van der Waals surface area contributed by atoms with Gasteiger partial charge < -0.3 is 10.1 Å². The highest BCUT2D eigenvalue weighted by molar-refractivity contribution is 8.00. The minimum atomic E-state index is -0.815. The van der Waals surface area contributed by atoms with Crippen molar-refractivity contribution in [2.75, 3.05) is 18.2 Å². The van der Waals surface area contributed by atoms with Crippen molar-refractivity contribution in [2.24, 2.45) is 0 Å². The number of rotatable bonds is 5. The van der Waals surface area contributed by atoms with Crippen molar-refractivity contribution in [2.45, 2.75) is 31.1 Å². The third-order valence-corrected chi connectivity index (χ3v) is 6.41. The summed E-state index contributed by atoms with van der Waals surface area (Å²) in [6.07, 6.45) is 1.80. The topological polar surface area (TPSA) is 84.5 Å². The van der Waals surface area contributed by atoms with Crippen LogP contribution >= 0.6 is 23.1 Å². The molecule has 2 aromatic rings. The van der Waals surface area contributed by atoms with Crippen LogP contribution in [0.25, 0.3) is 0 Å². The van der Waals surface area contributed by atoms with Crippen molar-refractivity contribution >= 4 is 46.0 Å². The first-order valence-electron chi connectivity index (χ1n) is 8.51. The summed E-state index contributed by atoms with van der Waals surface area (Å²) in [7, 11) is 1.20. The van der Waals surface area contributed by atoms with Crippen molar-refractivity contribution in [1.29, 1.82) is 0 Å². The average Bonchev–Trinajstić information content (AvgIpc) is 3.21. The van der Waals surface area contributed by atoms with Crippen molar-refractivity contribution in [3.63, 3.8) is 0 Å². The van der Waals surface area contributed by atoms with Crippen molar-refractivity contribution in [1.82, 2.24) is 5.32 Å². The van der Waals surface area contributed by atoms with Crippen LogP contribution in [0.1, 0.15) is 32.8 Å². The van der Waals surface area contributed by atoms with E-state index in [0.717, 1.165) is 40.2 Å². The van der Waals surface area contributed by atoms with E-state index >= 15 is 0 Å². The number of thiophene rings is 1. The van der Waals surface area contributed by atoms with E-state index in [9.17, 15) is 14.4 Å². The molecule has 142 valence electrons.